The van der Waals surface area contributed by atoms with Crippen molar-refractivity contribution in [2.45, 2.75) is 19.3 Å². The van der Waals surface area contributed by atoms with Crippen LogP contribution in [0.25, 0.3) is 54.9 Å². The highest BCUT2D eigenvalue weighted by Crippen LogP contribution is 2.51. The summed E-state index contributed by atoms with van der Waals surface area (Å²) in [6, 6.07) is 64.4. The van der Waals surface area contributed by atoms with Crippen molar-refractivity contribution in [3.8, 4) is 33.4 Å². The van der Waals surface area contributed by atoms with Gasteiger partial charge in [0.1, 0.15) is 0 Å². The fourth-order valence-corrected chi connectivity index (χ4v) is 7.77. The Kier molecular flexibility index (Phi) is 6.55. The number of fused-ring (bicyclic) bond motifs is 6. The minimum Gasteiger partial charge on any atom is -0.310 e. The summed E-state index contributed by atoms with van der Waals surface area (Å²) < 4.78 is 0. The van der Waals surface area contributed by atoms with Gasteiger partial charge in [-0.15, -0.1) is 0 Å². The van der Waals surface area contributed by atoms with Gasteiger partial charge < -0.3 is 4.90 Å². The lowest BCUT2D eigenvalue weighted by Crippen LogP contribution is -2.14. The van der Waals surface area contributed by atoms with Crippen LogP contribution in [0, 0.1) is 0 Å². The van der Waals surface area contributed by atoms with Crippen molar-refractivity contribution in [2.24, 2.45) is 0 Å². The van der Waals surface area contributed by atoms with Crippen LogP contribution in [-0.4, -0.2) is 0 Å². The summed E-state index contributed by atoms with van der Waals surface area (Å²) in [5.74, 6) is 0. The molecule has 0 aliphatic heterocycles. The molecule has 0 atom stereocenters. The molecule has 48 heavy (non-hydrogen) atoms. The number of rotatable bonds is 5. The maximum atomic E-state index is 2.47. The molecule has 1 heteroatoms. The van der Waals surface area contributed by atoms with Crippen LogP contribution < -0.4 is 4.90 Å². The molecule has 0 saturated heterocycles. The highest BCUT2D eigenvalue weighted by Gasteiger charge is 2.35. The lowest BCUT2D eigenvalue weighted by molar-refractivity contribution is 0.661. The molecule has 0 aromatic heterocycles. The highest BCUT2D eigenvalue weighted by atomic mass is 15.1. The third kappa shape index (κ3) is 4.54. The van der Waals surface area contributed by atoms with Gasteiger partial charge in [0, 0.05) is 22.4 Å². The molecule has 8 aromatic rings. The molecule has 0 unspecified atom stereocenters. The molecule has 0 fully saturated rings. The zero-order chi connectivity index (χ0) is 32.2. The van der Waals surface area contributed by atoms with Gasteiger partial charge in [0.05, 0.1) is 5.69 Å². The molecule has 8 aromatic carbocycles. The van der Waals surface area contributed by atoms with E-state index in [0.29, 0.717) is 0 Å². The van der Waals surface area contributed by atoms with Crippen molar-refractivity contribution in [3.63, 3.8) is 0 Å². The summed E-state index contributed by atoms with van der Waals surface area (Å²) in [5, 5.41) is 5.08. The fraction of sp³-hybridized carbons (Fsp3) is 0.0638. The first-order chi connectivity index (χ1) is 23.6. The van der Waals surface area contributed by atoms with Gasteiger partial charge in [0.15, 0.2) is 0 Å². The first kappa shape index (κ1) is 28.3. The zero-order valence-corrected chi connectivity index (χ0v) is 27.2. The van der Waals surface area contributed by atoms with E-state index in [1.165, 1.54) is 66.1 Å². The van der Waals surface area contributed by atoms with E-state index in [1.54, 1.807) is 0 Å². The van der Waals surface area contributed by atoms with Crippen molar-refractivity contribution in [3.05, 3.63) is 187 Å². The van der Waals surface area contributed by atoms with E-state index >= 15 is 0 Å². The minimum absolute atomic E-state index is 0.0545. The summed E-state index contributed by atoms with van der Waals surface area (Å²) in [6.07, 6.45) is 0. The third-order valence-electron chi connectivity index (χ3n) is 10.2. The number of para-hydroxylation sites is 1. The second kappa shape index (κ2) is 11.1. The Morgan fingerprint density at radius 3 is 1.77 bits per heavy atom. The van der Waals surface area contributed by atoms with Gasteiger partial charge >= 0.3 is 0 Å². The Hall–Kier alpha value is -5.92. The minimum atomic E-state index is -0.0545. The van der Waals surface area contributed by atoms with E-state index in [1.807, 2.05) is 0 Å². The lowest BCUT2D eigenvalue weighted by Gasteiger charge is -2.29. The van der Waals surface area contributed by atoms with Crippen LogP contribution in [0.4, 0.5) is 17.1 Å². The molecule has 0 radical (unpaired) electrons. The van der Waals surface area contributed by atoms with Crippen molar-refractivity contribution in [2.75, 3.05) is 4.90 Å². The molecule has 1 nitrogen and oxygen atoms in total. The molecule has 0 heterocycles. The molecular weight excluding hydrogens is 579 g/mol. The van der Waals surface area contributed by atoms with E-state index < -0.39 is 0 Å². The van der Waals surface area contributed by atoms with E-state index in [4.69, 9.17) is 0 Å². The molecule has 0 saturated carbocycles. The van der Waals surface area contributed by atoms with Crippen molar-refractivity contribution >= 4 is 38.6 Å². The van der Waals surface area contributed by atoms with Crippen LogP contribution >= 0.6 is 0 Å². The largest absolute Gasteiger partial charge is 0.310 e. The quantitative estimate of drug-likeness (QED) is 0.175. The Balaban J connectivity index is 1.28. The normalized spacial score (nSPS) is 13.0. The molecule has 0 amide bonds. The zero-order valence-electron chi connectivity index (χ0n) is 27.2. The summed E-state index contributed by atoms with van der Waals surface area (Å²) in [7, 11) is 0. The molecule has 1 aliphatic rings. The molecule has 0 N–H and O–H groups in total. The molecule has 0 spiro atoms. The maximum absolute atomic E-state index is 2.47. The molecule has 228 valence electrons. The molecule has 1 aliphatic carbocycles. The Morgan fingerprint density at radius 1 is 0.375 bits per heavy atom. The standard InChI is InChI=1S/C47H35N/c1-47(2)44-21-13-12-20-39(44)43-29-36-23-22-34-24-26-38(30-40(34)41(36)31-45(43)47)48(37-18-10-5-11-19-37)46-27-25-35(32-14-6-3-7-15-32)28-42(46)33-16-8-4-9-17-33/h3-31H,1-2H3. The predicted octanol–water partition coefficient (Wildman–Crippen LogP) is 13.1. The van der Waals surface area contributed by atoms with Gasteiger partial charge in [-0.3, -0.25) is 0 Å². The van der Waals surface area contributed by atoms with Gasteiger partial charge in [-0.2, -0.15) is 0 Å². The third-order valence-corrected chi connectivity index (χ3v) is 10.2. The van der Waals surface area contributed by atoms with Crippen LogP contribution in [0.2, 0.25) is 0 Å². The number of benzene rings is 8. The molecular formula is C47H35N. The van der Waals surface area contributed by atoms with Crippen LogP contribution in [0.5, 0.6) is 0 Å². The van der Waals surface area contributed by atoms with Crippen LogP contribution in [0.3, 0.4) is 0 Å². The second-order valence-corrected chi connectivity index (χ2v) is 13.4. The van der Waals surface area contributed by atoms with Crippen LogP contribution in [0.1, 0.15) is 25.0 Å². The van der Waals surface area contributed by atoms with E-state index in [0.717, 1.165) is 17.1 Å². The molecule has 0 bridgehead atoms. The lowest BCUT2D eigenvalue weighted by atomic mass is 9.81. The van der Waals surface area contributed by atoms with E-state index in [-0.39, 0.29) is 5.41 Å². The second-order valence-electron chi connectivity index (χ2n) is 13.4. The average Bonchev–Trinajstić information content (AvgIpc) is 3.37. The van der Waals surface area contributed by atoms with Crippen molar-refractivity contribution in [1.29, 1.82) is 0 Å². The number of hydrogen-bond donors (Lipinski definition) is 0. The summed E-state index contributed by atoms with van der Waals surface area (Å²) in [4.78, 5) is 2.42. The summed E-state index contributed by atoms with van der Waals surface area (Å²) >= 11 is 0. The average molecular weight is 614 g/mol. The van der Waals surface area contributed by atoms with E-state index in [9.17, 15) is 0 Å². The van der Waals surface area contributed by atoms with Gasteiger partial charge in [-0.1, -0.05) is 141 Å². The smallest absolute Gasteiger partial charge is 0.0540 e. The molecule has 9 rings (SSSR count). The van der Waals surface area contributed by atoms with Crippen LogP contribution in [0.15, 0.2) is 176 Å². The van der Waals surface area contributed by atoms with Crippen LogP contribution in [-0.2, 0) is 5.41 Å². The number of nitrogens with zero attached hydrogens (tertiary/aromatic N) is 1. The van der Waals surface area contributed by atoms with Gasteiger partial charge in [0.2, 0.25) is 0 Å². The van der Waals surface area contributed by atoms with Gasteiger partial charge in [-0.05, 0) is 109 Å². The number of hydrogen-bond acceptors (Lipinski definition) is 1. The monoisotopic (exact) mass is 613 g/mol. The Morgan fingerprint density at radius 2 is 1.00 bits per heavy atom. The first-order valence-electron chi connectivity index (χ1n) is 16.8. The first-order valence-corrected chi connectivity index (χ1v) is 16.8. The SMILES string of the molecule is CC1(C)c2ccccc2-c2cc3ccc4ccc(N(c5ccccc5)c5ccc(-c6ccccc6)cc5-c5ccccc5)cc4c3cc21. The highest BCUT2D eigenvalue weighted by molar-refractivity contribution is 6.11. The van der Waals surface area contributed by atoms with Gasteiger partial charge in [0.25, 0.3) is 0 Å². The maximum Gasteiger partial charge on any atom is 0.0540 e. The predicted molar refractivity (Wildman–Crippen MR) is 205 cm³/mol. The van der Waals surface area contributed by atoms with Crippen molar-refractivity contribution < 1.29 is 0 Å². The van der Waals surface area contributed by atoms with Crippen molar-refractivity contribution in [1.82, 2.24) is 0 Å². The Labute approximate surface area is 282 Å². The summed E-state index contributed by atoms with van der Waals surface area (Å²) in [6.45, 7) is 4.73. The number of anilines is 3. The summed E-state index contributed by atoms with van der Waals surface area (Å²) in [5.41, 5.74) is 13.7. The Bertz CT molecular complexity index is 2460. The fourth-order valence-electron chi connectivity index (χ4n) is 7.77. The topological polar surface area (TPSA) is 3.24 Å². The van der Waals surface area contributed by atoms with Gasteiger partial charge in [-0.25, -0.2) is 0 Å². The van der Waals surface area contributed by atoms with E-state index in [2.05, 4.69) is 195 Å².